The monoisotopic (exact) mass is 357 g/mol. The molecule has 1 fully saturated rings. The lowest BCUT2D eigenvalue weighted by Crippen LogP contribution is -2.39. The highest BCUT2D eigenvalue weighted by molar-refractivity contribution is 7.92. The number of rotatable bonds is 9. The van der Waals surface area contributed by atoms with Crippen molar-refractivity contribution >= 4 is 12.3 Å². The Morgan fingerprint density at radius 1 is 1.38 bits per heavy atom. The maximum Gasteiger partial charge on any atom is 0.187 e. The first-order chi connectivity index (χ1) is 11.6. The van der Waals surface area contributed by atoms with Crippen molar-refractivity contribution in [2.75, 3.05) is 13.7 Å². The Bertz CT molecular complexity index is 475. The van der Waals surface area contributed by atoms with Crippen LogP contribution >= 0.6 is 12.3 Å². The smallest absolute Gasteiger partial charge is 0.187 e. The average molecular weight is 358 g/mol. The van der Waals surface area contributed by atoms with Crippen LogP contribution in [-0.4, -0.2) is 35.0 Å². The van der Waals surface area contributed by atoms with E-state index in [0.717, 1.165) is 36.8 Å². The van der Waals surface area contributed by atoms with Crippen molar-refractivity contribution in [2.24, 2.45) is 11.8 Å². The summed E-state index contributed by atoms with van der Waals surface area (Å²) in [5.41, 5.74) is 0.913. The molecule has 1 aromatic heterocycles. The quantitative estimate of drug-likeness (QED) is 0.702. The molecule has 6 heteroatoms. The maximum absolute atomic E-state index is 13.0. The molecule has 0 saturated heterocycles. The summed E-state index contributed by atoms with van der Waals surface area (Å²) < 4.78 is 20.6. The van der Waals surface area contributed by atoms with Crippen LogP contribution < -0.4 is 5.32 Å². The first kappa shape index (κ1) is 19.7. The second kappa shape index (κ2) is 9.78. The van der Waals surface area contributed by atoms with Crippen LogP contribution in [0.4, 0.5) is 3.89 Å². The number of likely N-dealkylation sites (N-methyl/N-ethyl adjacent to an activating group) is 1. The first-order valence-corrected chi connectivity index (χ1v) is 9.89. The molecular formula is C18H32FN3OS. The highest BCUT2D eigenvalue weighted by Gasteiger charge is 2.27. The molecule has 1 aromatic rings. The lowest BCUT2D eigenvalue weighted by Gasteiger charge is -2.33. The Morgan fingerprint density at radius 3 is 2.62 bits per heavy atom. The third kappa shape index (κ3) is 4.96. The van der Waals surface area contributed by atoms with Gasteiger partial charge in [-0.1, -0.05) is 20.8 Å². The van der Waals surface area contributed by atoms with E-state index in [-0.39, 0.29) is 24.3 Å². The van der Waals surface area contributed by atoms with Gasteiger partial charge in [0.15, 0.2) is 12.3 Å². The summed E-state index contributed by atoms with van der Waals surface area (Å²) in [5, 5.41) is 7.39. The summed E-state index contributed by atoms with van der Waals surface area (Å²) in [5.74, 6) is 1.82. The number of hydrogen-bond donors (Lipinski definition) is 1. The normalized spacial score (nSPS) is 24.2. The fraction of sp³-hybridized carbons (Fsp3) is 0.833. The molecule has 1 N–H and O–H groups in total. The molecule has 1 aliphatic rings. The molecule has 1 heterocycles. The molecule has 0 unspecified atom stereocenters. The fourth-order valence-electron chi connectivity index (χ4n) is 3.89. The molecule has 1 aliphatic carbocycles. The molecule has 0 aromatic carbocycles. The molecule has 0 spiro atoms. The van der Waals surface area contributed by atoms with Gasteiger partial charge < -0.3 is 10.1 Å². The Balaban J connectivity index is 1.89. The maximum atomic E-state index is 13.0. The van der Waals surface area contributed by atoms with Crippen LogP contribution in [0.5, 0.6) is 0 Å². The van der Waals surface area contributed by atoms with Gasteiger partial charge in [-0.15, -0.1) is 3.89 Å². The van der Waals surface area contributed by atoms with Crippen LogP contribution in [0.2, 0.25) is 0 Å². The van der Waals surface area contributed by atoms with Gasteiger partial charge in [0, 0.05) is 12.0 Å². The van der Waals surface area contributed by atoms with Gasteiger partial charge >= 0.3 is 0 Å². The van der Waals surface area contributed by atoms with E-state index in [1.54, 1.807) is 6.20 Å². The molecule has 0 bridgehead atoms. The molecule has 2 rings (SSSR count). The average Bonchev–Trinajstić information content (AvgIpc) is 3.07. The SMILES string of the molecule is CC[C@H](c1ccnn1SF)[C@H](COC1CCC(C(C)C)CC1)NC. The minimum absolute atomic E-state index is 0.160. The zero-order valence-corrected chi connectivity index (χ0v) is 16.2. The minimum atomic E-state index is 0.160. The first-order valence-electron chi connectivity index (χ1n) is 9.22. The number of nitrogens with zero attached hydrogens (tertiary/aromatic N) is 2. The molecule has 138 valence electrons. The minimum Gasteiger partial charge on any atom is -0.377 e. The molecule has 2 atom stereocenters. The zero-order chi connectivity index (χ0) is 17.5. The van der Waals surface area contributed by atoms with E-state index in [1.807, 2.05) is 13.1 Å². The molecule has 4 nitrogen and oxygen atoms in total. The van der Waals surface area contributed by atoms with E-state index in [0.29, 0.717) is 12.7 Å². The standard InChI is InChI=1S/C18H32FN3OS/c1-5-16(18-10-11-21-22(18)24-19)17(20-4)12-23-15-8-6-14(7-9-15)13(2)3/h10-11,13-17,20H,5-9,12H2,1-4H3/t14?,15?,16-,17-/m0/s1. The van der Waals surface area contributed by atoms with Crippen LogP contribution in [0.25, 0.3) is 0 Å². The topological polar surface area (TPSA) is 39.1 Å². The zero-order valence-electron chi connectivity index (χ0n) is 15.4. The molecule has 1 saturated carbocycles. The number of halogens is 1. The van der Waals surface area contributed by atoms with Gasteiger partial charge in [0.1, 0.15) is 0 Å². The van der Waals surface area contributed by atoms with E-state index < -0.39 is 0 Å². The Morgan fingerprint density at radius 2 is 2.08 bits per heavy atom. The van der Waals surface area contributed by atoms with Crippen LogP contribution in [0.1, 0.15) is 64.5 Å². The van der Waals surface area contributed by atoms with Gasteiger partial charge in [-0.05, 0) is 57.1 Å². The molecular weight excluding hydrogens is 325 g/mol. The third-order valence-electron chi connectivity index (χ3n) is 5.55. The number of aromatic nitrogens is 2. The van der Waals surface area contributed by atoms with Gasteiger partial charge in [-0.3, -0.25) is 0 Å². The van der Waals surface area contributed by atoms with Crippen molar-refractivity contribution in [3.8, 4) is 0 Å². The van der Waals surface area contributed by atoms with Gasteiger partial charge in [0.25, 0.3) is 0 Å². The van der Waals surface area contributed by atoms with E-state index >= 15 is 0 Å². The molecule has 0 aliphatic heterocycles. The number of nitrogens with one attached hydrogen (secondary N) is 1. The Kier molecular flexibility index (Phi) is 8.04. The lowest BCUT2D eigenvalue weighted by molar-refractivity contribution is -0.000483. The second-order valence-corrected chi connectivity index (χ2v) is 7.71. The summed E-state index contributed by atoms with van der Waals surface area (Å²) in [4.78, 5) is 0. The summed E-state index contributed by atoms with van der Waals surface area (Å²) in [6, 6.07) is 2.07. The van der Waals surface area contributed by atoms with E-state index in [9.17, 15) is 3.89 Å². The van der Waals surface area contributed by atoms with Gasteiger partial charge in [-0.25, -0.2) is 0 Å². The van der Waals surface area contributed by atoms with Crippen LogP contribution in [0.15, 0.2) is 12.3 Å². The van der Waals surface area contributed by atoms with E-state index in [2.05, 4.69) is 31.2 Å². The number of hydrogen-bond acceptors (Lipinski definition) is 4. The third-order valence-corrected chi connectivity index (χ3v) is 5.99. The summed E-state index contributed by atoms with van der Waals surface area (Å²) in [6.45, 7) is 7.43. The fourth-order valence-corrected chi connectivity index (χ4v) is 4.25. The van der Waals surface area contributed by atoms with Crippen molar-refractivity contribution in [3.63, 3.8) is 0 Å². The highest BCUT2D eigenvalue weighted by atomic mass is 32.2. The van der Waals surface area contributed by atoms with Crippen molar-refractivity contribution in [3.05, 3.63) is 18.0 Å². The Labute approximate surface area is 150 Å². The van der Waals surface area contributed by atoms with Crippen LogP contribution in [0, 0.1) is 11.8 Å². The highest BCUT2D eigenvalue weighted by Crippen LogP contribution is 2.32. The molecule has 0 amide bonds. The largest absolute Gasteiger partial charge is 0.377 e. The van der Waals surface area contributed by atoms with Gasteiger partial charge in [0.2, 0.25) is 0 Å². The van der Waals surface area contributed by atoms with Gasteiger partial charge in [0.05, 0.1) is 24.6 Å². The van der Waals surface area contributed by atoms with Crippen molar-refractivity contribution in [1.82, 2.24) is 14.5 Å². The van der Waals surface area contributed by atoms with Crippen LogP contribution in [0.3, 0.4) is 0 Å². The van der Waals surface area contributed by atoms with Crippen molar-refractivity contribution in [2.45, 2.75) is 70.9 Å². The summed E-state index contributed by atoms with van der Waals surface area (Å²) in [7, 11) is 1.95. The van der Waals surface area contributed by atoms with E-state index in [4.69, 9.17) is 4.74 Å². The summed E-state index contributed by atoms with van der Waals surface area (Å²) in [6.07, 6.45) is 7.81. The predicted octanol–water partition coefficient (Wildman–Crippen LogP) is 4.58. The molecule has 0 radical (unpaired) electrons. The van der Waals surface area contributed by atoms with Crippen molar-refractivity contribution in [1.29, 1.82) is 0 Å². The van der Waals surface area contributed by atoms with Gasteiger partial charge in [-0.2, -0.15) is 9.19 Å². The predicted molar refractivity (Wildman–Crippen MR) is 98.7 cm³/mol. The summed E-state index contributed by atoms with van der Waals surface area (Å²) >= 11 is 0.160. The van der Waals surface area contributed by atoms with Crippen molar-refractivity contribution < 1.29 is 8.62 Å². The second-order valence-electron chi connectivity index (χ2n) is 7.22. The van der Waals surface area contributed by atoms with E-state index in [1.165, 1.54) is 16.9 Å². The number of ether oxygens (including phenoxy) is 1. The lowest BCUT2D eigenvalue weighted by atomic mass is 9.80. The molecule has 24 heavy (non-hydrogen) atoms. The Hall–Kier alpha value is -0.590. The van der Waals surface area contributed by atoms with Crippen LogP contribution in [-0.2, 0) is 4.74 Å².